The Morgan fingerprint density at radius 2 is 1.71 bits per heavy atom. The van der Waals surface area contributed by atoms with Gasteiger partial charge >= 0.3 is 6.18 Å². The summed E-state index contributed by atoms with van der Waals surface area (Å²) in [5.41, 5.74) is -0.969. The molecule has 150 valence electrons. The number of carbonyl (C=O) groups is 1. The maximum atomic E-state index is 13.2. The van der Waals surface area contributed by atoms with E-state index in [1.807, 2.05) is 0 Å². The second kappa shape index (κ2) is 7.47. The smallest absolute Gasteiger partial charge is 0.336 e. The van der Waals surface area contributed by atoms with Gasteiger partial charge in [-0.3, -0.25) is 4.79 Å². The van der Waals surface area contributed by atoms with Crippen LogP contribution in [0.4, 0.5) is 17.6 Å². The summed E-state index contributed by atoms with van der Waals surface area (Å²) in [6.45, 7) is -0.113. The molecule has 3 rings (SSSR count). The number of rotatable bonds is 3. The molecule has 1 aliphatic heterocycles. The van der Waals surface area contributed by atoms with Crippen LogP contribution >= 0.6 is 0 Å². The van der Waals surface area contributed by atoms with Gasteiger partial charge in [0.2, 0.25) is 16.0 Å². The minimum absolute atomic E-state index is 0.0287. The van der Waals surface area contributed by atoms with E-state index in [9.17, 15) is 30.8 Å². The Balaban J connectivity index is 1.73. The first-order valence-electron chi connectivity index (χ1n) is 8.17. The van der Waals surface area contributed by atoms with Gasteiger partial charge in [0, 0.05) is 44.0 Å². The molecule has 0 saturated carbocycles. The lowest BCUT2D eigenvalue weighted by molar-refractivity contribution is -0.137. The van der Waals surface area contributed by atoms with Crippen molar-refractivity contribution in [2.75, 3.05) is 26.2 Å². The molecule has 28 heavy (non-hydrogen) atoms. The Morgan fingerprint density at radius 3 is 2.32 bits per heavy atom. The summed E-state index contributed by atoms with van der Waals surface area (Å²) >= 11 is 0. The largest absolute Gasteiger partial charge is 0.416 e. The van der Waals surface area contributed by atoms with Crippen molar-refractivity contribution in [3.05, 3.63) is 59.7 Å². The highest BCUT2D eigenvalue weighted by atomic mass is 32.2. The van der Waals surface area contributed by atoms with E-state index in [4.69, 9.17) is 0 Å². The van der Waals surface area contributed by atoms with Crippen LogP contribution in [0, 0.1) is 5.95 Å². The van der Waals surface area contributed by atoms with Crippen molar-refractivity contribution in [1.82, 2.24) is 14.2 Å². The van der Waals surface area contributed by atoms with Crippen LogP contribution in [0.2, 0.25) is 0 Å². The molecule has 1 saturated heterocycles. The number of benzene rings is 1. The minimum Gasteiger partial charge on any atom is -0.336 e. The van der Waals surface area contributed by atoms with Crippen molar-refractivity contribution in [2.45, 2.75) is 11.1 Å². The van der Waals surface area contributed by atoms with E-state index in [2.05, 4.69) is 4.98 Å². The number of pyridine rings is 1. The van der Waals surface area contributed by atoms with E-state index < -0.39 is 38.5 Å². The molecule has 1 aromatic heterocycles. The summed E-state index contributed by atoms with van der Waals surface area (Å²) in [6.07, 6.45) is -3.51. The third kappa shape index (κ3) is 4.14. The third-order valence-electron chi connectivity index (χ3n) is 4.30. The second-order valence-electron chi connectivity index (χ2n) is 6.09. The Kier molecular flexibility index (Phi) is 5.39. The van der Waals surface area contributed by atoms with Crippen LogP contribution in [0.3, 0.4) is 0 Å². The lowest BCUT2D eigenvalue weighted by Gasteiger charge is -2.34. The predicted octanol–water partition coefficient (Wildman–Crippen LogP) is 2.39. The number of hydrogen-bond acceptors (Lipinski definition) is 4. The van der Waals surface area contributed by atoms with Crippen LogP contribution in [-0.2, 0) is 16.2 Å². The molecule has 0 aliphatic carbocycles. The Hall–Kier alpha value is -2.53. The topological polar surface area (TPSA) is 70.6 Å². The van der Waals surface area contributed by atoms with Crippen molar-refractivity contribution >= 4 is 15.9 Å². The molecule has 2 aromatic rings. The summed E-state index contributed by atoms with van der Waals surface area (Å²) in [5, 5.41) is 0. The maximum absolute atomic E-state index is 13.2. The van der Waals surface area contributed by atoms with Crippen LogP contribution in [0.25, 0.3) is 0 Å². The SMILES string of the molecule is O=C(c1ccnc(F)c1)N1CCN(S(=O)(=O)c2cccc(C(F)(F)F)c2)CC1. The fourth-order valence-corrected chi connectivity index (χ4v) is 4.30. The van der Waals surface area contributed by atoms with E-state index in [-0.39, 0.29) is 31.7 Å². The van der Waals surface area contributed by atoms with Crippen LogP contribution in [0.1, 0.15) is 15.9 Å². The zero-order chi connectivity index (χ0) is 20.5. The zero-order valence-electron chi connectivity index (χ0n) is 14.4. The van der Waals surface area contributed by atoms with Crippen molar-refractivity contribution in [2.24, 2.45) is 0 Å². The predicted molar refractivity (Wildman–Crippen MR) is 90.3 cm³/mol. The third-order valence-corrected chi connectivity index (χ3v) is 6.19. The Bertz CT molecular complexity index is 987. The molecule has 1 amide bonds. The molecule has 0 N–H and O–H groups in total. The highest BCUT2D eigenvalue weighted by molar-refractivity contribution is 7.89. The van der Waals surface area contributed by atoms with Crippen molar-refractivity contribution in [3.8, 4) is 0 Å². The highest BCUT2D eigenvalue weighted by Gasteiger charge is 2.34. The van der Waals surface area contributed by atoms with Crippen molar-refractivity contribution in [1.29, 1.82) is 0 Å². The Morgan fingerprint density at radius 1 is 1.04 bits per heavy atom. The molecule has 0 radical (unpaired) electrons. The van der Waals surface area contributed by atoms with Gasteiger partial charge in [-0.15, -0.1) is 0 Å². The average Bonchev–Trinajstić information content (AvgIpc) is 2.67. The standard InChI is InChI=1S/C17H15F4N3O3S/c18-15-10-12(4-5-22-15)16(25)23-6-8-24(9-7-23)28(26,27)14-3-1-2-13(11-14)17(19,20)21/h1-5,10-11H,6-9H2. The molecule has 1 fully saturated rings. The number of amides is 1. The molecular weight excluding hydrogens is 402 g/mol. The molecule has 6 nitrogen and oxygen atoms in total. The highest BCUT2D eigenvalue weighted by Crippen LogP contribution is 2.31. The number of aromatic nitrogens is 1. The van der Waals surface area contributed by atoms with Gasteiger partial charge in [0.1, 0.15) is 0 Å². The molecule has 11 heteroatoms. The van der Waals surface area contributed by atoms with E-state index in [0.29, 0.717) is 6.07 Å². The minimum atomic E-state index is -4.66. The lowest BCUT2D eigenvalue weighted by atomic mass is 10.2. The number of sulfonamides is 1. The molecule has 0 atom stereocenters. The van der Waals surface area contributed by atoms with Gasteiger partial charge in [-0.05, 0) is 24.3 Å². The van der Waals surface area contributed by atoms with Gasteiger partial charge in [-0.2, -0.15) is 21.9 Å². The fourth-order valence-electron chi connectivity index (χ4n) is 2.83. The van der Waals surface area contributed by atoms with Crippen LogP contribution in [0.5, 0.6) is 0 Å². The summed E-state index contributed by atoms with van der Waals surface area (Å²) in [4.78, 5) is 16.6. The van der Waals surface area contributed by atoms with Gasteiger partial charge in [-0.25, -0.2) is 13.4 Å². The number of hydrogen-bond donors (Lipinski definition) is 0. The molecule has 1 aromatic carbocycles. The summed E-state index contributed by atoms with van der Waals surface area (Å²) in [6, 6.07) is 5.84. The summed E-state index contributed by atoms with van der Waals surface area (Å²) in [5.74, 6) is -1.28. The van der Waals surface area contributed by atoms with Crippen LogP contribution < -0.4 is 0 Å². The number of halogens is 4. The molecule has 0 bridgehead atoms. The first kappa shape index (κ1) is 20.2. The first-order chi connectivity index (χ1) is 13.1. The number of nitrogens with zero attached hydrogens (tertiary/aromatic N) is 3. The molecule has 0 spiro atoms. The quantitative estimate of drug-likeness (QED) is 0.568. The van der Waals surface area contributed by atoms with Crippen molar-refractivity contribution in [3.63, 3.8) is 0 Å². The fraction of sp³-hybridized carbons (Fsp3) is 0.294. The molecule has 1 aliphatic rings. The number of piperazine rings is 1. The molecule has 0 unspecified atom stereocenters. The van der Waals surface area contributed by atoms with Gasteiger partial charge in [0.05, 0.1) is 10.5 Å². The summed E-state index contributed by atoms with van der Waals surface area (Å²) < 4.78 is 78.0. The van der Waals surface area contributed by atoms with E-state index in [1.54, 1.807) is 0 Å². The molecule has 2 heterocycles. The van der Waals surface area contributed by atoms with E-state index in [1.165, 1.54) is 11.0 Å². The molecular formula is C17H15F4N3O3S. The van der Waals surface area contributed by atoms with Gasteiger partial charge < -0.3 is 4.90 Å². The van der Waals surface area contributed by atoms with Crippen LogP contribution in [0.15, 0.2) is 47.5 Å². The van der Waals surface area contributed by atoms with E-state index >= 15 is 0 Å². The van der Waals surface area contributed by atoms with Gasteiger partial charge in [0.15, 0.2) is 0 Å². The second-order valence-corrected chi connectivity index (χ2v) is 8.03. The number of carbonyl (C=O) groups excluding carboxylic acids is 1. The normalized spacial score (nSPS) is 16.2. The van der Waals surface area contributed by atoms with Crippen LogP contribution in [-0.4, -0.2) is 54.7 Å². The summed E-state index contributed by atoms with van der Waals surface area (Å²) in [7, 11) is -4.14. The number of alkyl halides is 3. The van der Waals surface area contributed by atoms with E-state index in [0.717, 1.165) is 34.8 Å². The Labute approximate surface area is 158 Å². The maximum Gasteiger partial charge on any atom is 0.416 e. The van der Waals surface area contributed by atoms with Gasteiger partial charge in [0.25, 0.3) is 5.91 Å². The average molecular weight is 417 g/mol. The monoisotopic (exact) mass is 417 g/mol. The first-order valence-corrected chi connectivity index (χ1v) is 9.61. The lowest BCUT2D eigenvalue weighted by Crippen LogP contribution is -2.50. The zero-order valence-corrected chi connectivity index (χ0v) is 15.2. The van der Waals surface area contributed by atoms with Crippen molar-refractivity contribution < 1.29 is 30.8 Å². The van der Waals surface area contributed by atoms with Gasteiger partial charge in [-0.1, -0.05) is 6.07 Å².